The predicted molar refractivity (Wildman–Crippen MR) is 241 cm³/mol. The van der Waals surface area contributed by atoms with Crippen LogP contribution in [0.5, 0.6) is 0 Å². The van der Waals surface area contributed by atoms with Crippen LogP contribution in [-0.2, 0) is 15.1 Å². The quantitative estimate of drug-likeness (QED) is 0.176. The number of fused-ring (bicyclic) bond motifs is 10. The summed E-state index contributed by atoms with van der Waals surface area (Å²) in [6.07, 6.45) is 0. The number of hydrogen-bond acceptors (Lipinski definition) is 2. The highest BCUT2D eigenvalue weighted by Gasteiger charge is 2.39. The smallest absolute Gasteiger partial charge is 0.134 e. The van der Waals surface area contributed by atoms with Gasteiger partial charge in [0, 0.05) is 43.8 Å². The normalized spacial score (nSPS) is 16.8. The van der Waals surface area contributed by atoms with Crippen LogP contribution in [0.25, 0.3) is 71.0 Å². The minimum Gasteiger partial charge on any atom is -0.309 e. The van der Waals surface area contributed by atoms with Gasteiger partial charge in [0.15, 0.2) is 0 Å². The van der Waals surface area contributed by atoms with E-state index in [0.29, 0.717) is 9.92 Å². The fraction of sp³-hybridized carbons (Fsp3) is 0.0566. The zero-order chi connectivity index (χ0) is 38.8. The molecule has 1 aliphatic carbocycles. The van der Waals surface area contributed by atoms with E-state index in [2.05, 4.69) is 163 Å². The van der Waals surface area contributed by atoms with Crippen LogP contribution in [0.15, 0.2) is 197 Å². The number of rotatable bonds is 4. The van der Waals surface area contributed by atoms with Gasteiger partial charge in [-0.3, -0.25) is 4.57 Å². The van der Waals surface area contributed by atoms with E-state index in [9.17, 15) is 0 Å². The van der Waals surface area contributed by atoms with Gasteiger partial charge < -0.3 is 4.57 Å². The van der Waals surface area contributed by atoms with Crippen molar-refractivity contribution in [3.8, 4) is 16.8 Å². The van der Waals surface area contributed by atoms with Gasteiger partial charge in [-0.25, -0.2) is 4.21 Å². The molecule has 12 rings (SSSR count). The number of benzene rings is 8. The molecule has 0 saturated heterocycles. The van der Waals surface area contributed by atoms with Crippen molar-refractivity contribution >= 4 is 69.6 Å². The van der Waals surface area contributed by atoms with E-state index in [1.165, 1.54) is 44.1 Å². The zero-order valence-electron chi connectivity index (χ0n) is 32.1. The summed E-state index contributed by atoms with van der Waals surface area (Å²) in [4.78, 5) is 0.686. The van der Waals surface area contributed by atoms with Gasteiger partial charge in [0.2, 0.25) is 0 Å². The summed E-state index contributed by atoms with van der Waals surface area (Å²) in [6, 6.07) is 66.1. The highest BCUT2D eigenvalue weighted by molar-refractivity contribution is 8.02. The maximum absolute atomic E-state index is 16.3. The third-order valence-corrected chi connectivity index (χ3v) is 14.8. The lowest BCUT2D eigenvalue weighted by atomic mass is 9.82. The number of para-hydroxylation sites is 3. The summed E-state index contributed by atoms with van der Waals surface area (Å²) in [5.74, 6) is 0. The molecule has 10 aromatic rings. The molecule has 58 heavy (non-hydrogen) atoms. The van der Waals surface area contributed by atoms with Gasteiger partial charge in [-0.1, -0.05) is 135 Å². The summed E-state index contributed by atoms with van der Waals surface area (Å²) in [6.45, 7) is 4.71. The highest BCUT2D eigenvalue weighted by Crippen LogP contribution is 2.54. The molecule has 1 aliphatic heterocycles. The lowest BCUT2D eigenvalue weighted by Gasteiger charge is -2.27. The fourth-order valence-electron chi connectivity index (χ4n) is 9.82. The van der Waals surface area contributed by atoms with Crippen molar-refractivity contribution in [3.05, 3.63) is 210 Å². The Morgan fingerprint density at radius 1 is 0.466 bits per heavy atom. The average molecular weight is 764 g/mol. The van der Waals surface area contributed by atoms with Crippen molar-refractivity contribution < 1.29 is 4.21 Å². The van der Waals surface area contributed by atoms with Crippen molar-refractivity contribution in [2.45, 2.75) is 24.2 Å². The minimum absolute atomic E-state index is 0.326. The molecule has 0 spiro atoms. The van der Waals surface area contributed by atoms with Crippen LogP contribution < -0.4 is 0 Å². The highest BCUT2D eigenvalue weighted by atomic mass is 32.2. The first-order chi connectivity index (χ1) is 28.4. The topological polar surface area (TPSA) is 39.3 Å². The molecule has 3 heterocycles. The lowest BCUT2D eigenvalue weighted by molar-refractivity contribution is 0.661. The minimum atomic E-state index is -3.23. The monoisotopic (exact) mass is 763 g/mol. The van der Waals surface area contributed by atoms with E-state index < -0.39 is 9.73 Å². The van der Waals surface area contributed by atoms with E-state index >= 15 is 4.21 Å². The number of aromatic nitrogens is 2. The van der Waals surface area contributed by atoms with Crippen molar-refractivity contribution in [3.63, 3.8) is 0 Å². The van der Waals surface area contributed by atoms with E-state index in [-0.39, 0.29) is 5.41 Å². The van der Waals surface area contributed by atoms with Crippen LogP contribution in [0.4, 0.5) is 5.69 Å². The van der Waals surface area contributed by atoms with E-state index in [1.54, 1.807) is 0 Å². The van der Waals surface area contributed by atoms with Gasteiger partial charge in [0.1, 0.15) is 14.8 Å². The third-order valence-electron chi connectivity index (χ3n) is 12.5. The standard InChI is InChI=1S/C53H37N3OS/c1-53(2)44-32-49-42(37-24-13-16-28-47(37)55(49)35-20-8-4-9-21-35)30-40(44)41-31-43-38-25-14-17-29-48(38)56(50(43)33-45(41)53)52-51(34-18-6-3-7-19-34)39-26-12-15-27-46(39)54-58(52,57)36-22-10-5-11-23-36/h3-33H,1-2H3. The second-order valence-corrected chi connectivity index (χ2v) is 18.1. The van der Waals surface area contributed by atoms with Gasteiger partial charge in [-0.15, -0.1) is 0 Å². The number of hydrogen-bond donors (Lipinski definition) is 0. The van der Waals surface area contributed by atoms with Crippen LogP contribution in [-0.4, -0.2) is 13.3 Å². The molecular weight excluding hydrogens is 727 g/mol. The molecule has 1 unspecified atom stereocenters. The summed E-state index contributed by atoms with van der Waals surface area (Å²) in [5.41, 5.74) is 14.0. The summed E-state index contributed by atoms with van der Waals surface area (Å²) in [5, 5.41) is 5.41. The van der Waals surface area contributed by atoms with Gasteiger partial charge in [0.25, 0.3) is 0 Å². The summed E-state index contributed by atoms with van der Waals surface area (Å²) in [7, 11) is -3.23. The third kappa shape index (κ3) is 4.48. The van der Waals surface area contributed by atoms with Crippen LogP contribution in [0.3, 0.4) is 0 Å². The number of nitrogens with zero attached hydrogens (tertiary/aromatic N) is 3. The Kier molecular flexibility index (Phi) is 6.89. The van der Waals surface area contributed by atoms with Crippen molar-refractivity contribution in [2.75, 3.05) is 0 Å². The molecule has 5 heteroatoms. The van der Waals surface area contributed by atoms with Gasteiger partial charge in [-0.2, -0.15) is 4.36 Å². The van der Waals surface area contributed by atoms with Gasteiger partial charge >= 0.3 is 0 Å². The SMILES string of the molecule is CC1(C)c2cc3c(cc2-c2cc4c5ccccc5n(-c5ccccc5)c4cc21)c1ccccc1n3C1=C(c2ccccc2)c2ccccc2N=S1(=O)c1ccccc1. The molecule has 4 nitrogen and oxygen atoms in total. The second-order valence-electron chi connectivity index (χ2n) is 16.0. The fourth-order valence-corrected chi connectivity index (χ4v) is 12.1. The van der Waals surface area contributed by atoms with Crippen LogP contribution in [0.1, 0.15) is 36.1 Å². The Morgan fingerprint density at radius 3 is 1.60 bits per heavy atom. The van der Waals surface area contributed by atoms with Crippen molar-refractivity contribution in [2.24, 2.45) is 4.36 Å². The maximum Gasteiger partial charge on any atom is 0.134 e. The van der Waals surface area contributed by atoms with E-state index in [4.69, 9.17) is 4.36 Å². The van der Waals surface area contributed by atoms with E-state index in [1.807, 2.05) is 48.5 Å². The van der Waals surface area contributed by atoms with E-state index in [0.717, 1.165) is 49.9 Å². The Balaban J connectivity index is 1.20. The second kappa shape index (κ2) is 12.0. The van der Waals surface area contributed by atoms with Crippen LogP contribution in [0, 0.1) is 0 Å². The first-order valence-electron chi connectivity index (χ1n) is 19.8. The Morgan fingerprint density at radius 2 is 0.966 bits per heavy atom. The van der Waals surface area contributed by atoms with Gasteiger partial charge in [0.05, 0.1) is 32.6 Å². The molecular formula is C53H37N3OS. The van der Waals surface area contributed by atoms with Crippen LogP contribution >= 0.6 is 0 Å². The van der Waals surface area contributed by atoms with Crippen molar-refractivity contribution in [1.82, 2.24) is 9.13 Å². The molecule has 0 saturated carbocycles. The first-order valence-corrected chi connectivity index (χ1v) is 21.4. The molecule has 0 N–H and O–H groups in total. The molecule has 8 aromatic carbocycles. The average Bonchev–Trinajstić information content (AvgIpc) is 3.85. The lowest BCUT2D eigenvalue weighted by Crippen LogP contribution is -2.17. The molecule has 0 radical (unpaired) electrons. The Hall–Kier alpha value is -6.95. The van der Waals surface area contributed by atoms with Crippen molar-refractivity contribution in [1.29, 1.82) is 0 Å². The maximum atomic E-state index is 16.3. The summed E-state index contributed by atoms with van der Waals surface area (Å²) < 4.78 is 26.3. The first kappa shape index (κ1) is 33.2. The molecule has 1 atom stereocenters. The zero-order valence-corrected chi connectivity index (χ0v) is 32.9. The molecule has 0 amide bonds. The molecule has 2 aromatic heterocycles. The predicted octanol–water partition coefficient (Wildman–Crippen LogP) is 13.7. The Bertz CT molecular complexity index is 3510. The molecule has 2 aliphatic rings. The molecule has 276 valence electrons. The van der Waals surface area contributed by atoms with Crippen LogP contribution in [0.2, 0.25) is 0 Å². The van der Waals surface area contributed by atoms with Gasteiger partial charge in [-0.05, 0) is 94.5 Å². The molecule has 0 bridgehead atoms. The Labute approximate surface area is 337 Å². The molecule has 0 fully saturated rings. The largest absolute Gasteiger partial charge is 0.309 e. The summed E-state index contributed by atoms with van der Waals surface area (Å²) >= 11 is 0.